The molecule has 0 spiro atoms. The van der Waals surface area contributed by atoms with Gasteiger partial charge in [-0.25, -0.2) is 5.48 Å². The van der Waals surface area contributed by atoms with Gasteiger partial charge in [0, 0.05) is 25.8 Å². The summed E-state index contributed by atoms with van der Waals surface area (Å²) in [5.41, 5.74) is 4.10. The fourth-order valence-corrected chi connectivity index (χ4v) is 3.54. The molecular formula is C20H22N2O5. The molecule has 2 amide bonds. The van der Waals surface area contributed by atoms with Crippen molar-refractivity contribution in [1.29, 1.82) is 0 Å². The second kappa shape index (κ2) is 8.20. The van der Waals surface area contributed by atoms with Gasteiger partial charge < -0.3 is 15.1 Å². The van der Waals surface area contributed by atoms with Gasteiger partial charge in [-0.05, 0) is 28.8 Å². The van der Waals surface area contributed by atoms with Gasteiger partial charge in [-0.2, -0.15) is 0 Å². The van der Waals surface area contributed by atoms with Crippen LogP contribution < -0.4 is 5.48 Å². The number of fused-ring (bicyclic) bond motifs is 1. The van der Waals surface area contributed by atoms with Gasteiger partial charge in [0.25, 0.3) is 0 Å². The number of hydrogen-bond acceptors (Lipinski definition) is 5. The van der Waals surface area contributed by atoms with Gasteiger partial charge >= 0.3 is 0 Å². The van der Waals surface area contributed by atoms with E-state index in [-0.39, 0.29) is 31.0 Å². The average molecular weight is 370 g/mol. The normalized spacial score (nSPS) is 18.0. The van der Waals surface area contributed by atoms with E-state index in [2.05, 4.69) is 0 Å². The number of nitrogens with zero attached hydrogens (tertiary/aromatic N) is 1. The highest BCUT2D eigenvalue weighted by Crippen LogP contribution is 2.37. The number of hydrogen-bond donors (Lipinski definition) is 4. The number of amides is 2. The number of aromatic hydroxyl groups is 1. The highest BCUT2D eigenvalue weighted by atomic mass is 16.5. The Morgan fingerprint density at radius 1 is 1.11 bits per heavy atom. The fraction of sp³-hybridized carbons (Fsp3) is 0.300. The summed E-state index contributed by atoms with van der Waals surface area (Å²) in [6.45, 7) is 0.185. The molecule has 0 bridgehead atoms. The van der Waals surface area contributed by atoms with Crippen LogP contribution in [0.5, 0.6) is 5.75 Å². The molecule has 0 saturated carbocycles. The van der Waals surface area contributed by atoms with Crippen molar-refractivity contribution in [3.8, 4) is 5.75 Å². The molecule has 1 aliphatic carbocycles. The first kappa shape index (κ1) is 18.9. The predicted molar refractivity (Wildman–Crippen MR) is 96.7 cm³/mol. The van der Waals surface area contributed by atoms with Gasteiger partial charge in [0.2, 0.25) is 11.8 Å². The molecule has 0 saturated heterocycles. The first-order valence-electron chi connectivity index (χ1n) is 8.75. The molecular weight excluding hydrogens is 348 g/mol. The van der Waals surface area contributed by atoms with E-state index in [1.165, 1.54) is 10.4 Å². The van der Waals surface area contributed by atoms with Crippen molar-refractivity contribution in [3.05, 3.63) is 65.2 Å². The fourth-order valence-electron chi connectivity index (χ4n) is 3.54. The number of benzene rings is 2. The number of rotatable bonds is 6. The van der Waals surface area contributed by atoms with Crippen molar-refractivity contribution >= 4 is 11.8 Å². The van der Waals surface area contributed by atoms with Crippen molar-refractivity contribution in [2.75, 3.05) is 0 Å². The smallest absolute Gasteiger partial charge is 0.243 e. The molecule has 1 aliphatic rings. The maximum Gasteiger partial charge on any atom is 0.243 e. The van der Waals surface area contributed by atoms with E-state index in [0.29, 0.717) is 12.0 Å². The van der Waals surface area contributed by atoms with Gasteiger partial charge in [0.15, 0.2) is 0 Å². The lowest BCUT2D eigenvalue weighted by molar-refractivity contribution is -0.140. The standard InChI is InChI=1S/C20H22N2O5/c23-15-6-3-4-13(10-15)12-22(19(26)9-8-18(25)21-27)20-16-7-2-1-5-14(16)11-17(20)24/h1-7,10,17,20,23-24,27H,8-9,11-12H2,(H,21,25)/t17-,20+/m1/s1. The number of phenols is 1. The minimum atomic E-state index is -0.754. The van der Waals surface area contributed by atoms with Crippen molar-refractivity contribution in [2.45, 2.75) is 38.0 Å². The molecule has 0 fully saturated rings. The largest absolute Gasteiger partial charge is 0.508 e. The summed E-state index contributed by atoms with van der Waals surface area (Å²) in [5, 5.41) is 29.0. The van der Waals surface area contributed by atoms with Crippen LogP contribution in [0.2, 0.25) is 0 Å². The summed E-state index contributed by atoms with van der Waals surface area (Å²) >= 11 is 0. The van der Waals surface area contributed by atoms with Crippen LogP contribution in [0.25, 0.3) is 0 Å². The number of hydroxylamine groups is 1. The third-order valence-electron chi connectivity index (χ3n) is 4.78. The summed E-state index contributed by atoms with van der Waals surface area (Å²) in [5.74, 6) is -0.873. The molecule has 4 N–H and O–H groups in total. The maximum absolute atomic E-state index is 12.9. The number of carbonyl (C=O) groups excluding carboxylic acids is 2. The van der Waals surface area contributed by atoms with Crippen LogP contribution in [-0.2, 0) is 22.6 Å². The molecule has 2 aromatic carbocycles. The number of nitrogens with one attached hydrogen (secondary N) is 1. The number of carbonyl (C=O) groups is 2. The number of aliphatic hydroxyl groups is 1. The van der Waals surface area contributed by atoms with Crippen LogP contribution in [0, 0.1) is 0 Å². The van der Waals surface area contributed by atoms with Crippen LogP contribution in [0.3, 0.4) is 0 Å². The molecule has 2 aromatic rings. The van der Waals surface area contributed by atoms with E-state index in [4.69, 9.17) is 5.21 Å². The summed E-state index contributed by atoms with van der Waals surface area (Å²) in [6, 6.07) is 13.6. The highest BCUT2D eigenvalue weighted by Gasteiger charge is 2.37. The Labute approximate surface area is 156 Å². The van der Waals surface area contributed by atoms with Crippen LogP contribution in [0.1, 0.15) is 35.6 Å². The Hall–Kier alpha value is -2.90. The van der Waals surface area contributed by atoms with Gasteiger partial charge in [-0.15, -0.1) is 0 Å². The third kappa shape index (κ3) is 4.27. The molecule has 7 heteroatoms. The lowest BCUT2D eigenvalue weighted by Gasteiger charge is -2.32. The van der Waals surface area contributed by atoms with Crippen LogP contribution in [0.15, 0.2) is 48.5 Å². The summed E-state index contributed by atoms with van der Waals surface area (Å²) in [6.07, 6.45) is -0.565. The minimum Gasteiger partial charge on any atom is -0.508 e. The van der Waals surface area contributed by atoms with Crippen molar-refractivity contribution < 1.29 is 25.0 Å². The molecule has 0 heterocycles. The Kier molecular flexibility index (Phi) is 5.73. The predicted octanol–water partition coefficient (Wildman–Crippen LogP) is 1.66. The first-order chi connectivity index (χ1) is 13.0. The molecule has 3 rings (SSSR count). The van der Waals surface area contributed by atoms with E-state index >= 15 is 0 Å². The van der Waals surface area contributed by atoms with E-state index in [1.54, 1.807) is 24.3 Å². The zero-order valence-corrected chi connectivity index (χ0v) is 14.7. The molecule has 0 unspecified atom stereocenters. The summed E-state index contributed by atoms with van der Waals surface area (Å²) < 4.78 is 0. The maximum atomic E-state index is 12.9. The Balaban J connectivity index is 1.89. The van der Waals surface area contributed by atoms with Crippen molar-refractivity contribution in [3.63, 3.8) is 0 Å². The number of aliphatic hydroxyl groups excluding tert-OH is 1. The molecule has 142 valence electrons. The Morgan fingerprint density at radius 2 is 1.89 bits per heavy atom. The molecule has 0 radical (unpaired) electrons. The Morgan fingerprint density at radius 3 is 2.63 bits per heavy atom. The number of phenolic OH excluding ortho intramolecular Hbond substituents is 1. The lowest BCUT2D eigenvalue weighted by Crippen LogP contribution is -2.39. The van der Waals surface area contributed by atoms with Crippen LogP contribution in [0.4, 0.5) is 0 Å². The van der Waals surface area contributed by atoms with Gasteiger partial charge in [0.1, 0.15) is 5.75 Å². The summed E-state index contributed by atoms with van der Waals surface area (Å²) in [7, 11) is 0. The zero-order valence-electron chi connectivity index (χ0n) is 14.7. The van der Waals surface area contributed by atoms with Crippen molar-refractivity contribution in [2.24, 2.45) is 0 Å². The topological polar surface area (TPSA) is 110 Å². The van der Waals surface area contributed by atoms with E-state index in [0.717, 1.165) is 11.1 Å². The van der Waals surface area contributed by atoms with E-state index in [1.807, 2.05) is 24.3 Å². The van der Waals surface area contributed by atoms with Crippen LogP contribution in [-0.4, -0.2) is 38.2 Å². The monoisotopic (exact) mass is 370 g/mol. The Bertz CT molecular complexity index is 839. The zero-order chi connectivity index (χ0) is 19.4. The molecule has 0 aromatic heterocycles. The molecule has 0 aliphatic heterocycles. The minimum absolute atomic E-state index is 0.0897. The molecule has 2 atom stereocenters. The van der Waals surface area contributed by atoms with Crippen molar-refractivity contribution in [1.82, 2.24) is 10.4 Å². The SMILES string of the molecule is O=C(CCC(=O)N(Cc1cccc(O)c1)[C@H]1c2ccccc2C[C@H]1O)NO. The highest BCUT2D eigenvalue weighted by molar-refractivity contribution is 5.83. The lowest BCUT2D eigenvalue weighted by atomic mass is 10.0. The second-order valence-corrected chi connectivity index (χ2v) is 6.64. The van der Waals surface area contributed by atoms with E-state index in [9.17, 15) is 19.8 Å². The average Bonchev–Trinajstić information content (AvgIpc) is 2.99. The van der Waals surface area contributed by atoms with Crippen LogP contribution >= 0.6 is 0 Å². The van der Waals surface area contributed by atoms with Gasteiger partial charge in [-0.3, -0.25) is 14.8 Å². The van der Waals surface area contributed by atoms with Gasteiger partial charge in [0.05, 0.1) is 12.1 Å². The molecule has 7 nitrogen and oxygen atoms in total. The quantitative estimate of drug-likeness (QED) is 0.457. The van der Waals surface area contributed by atoms with Gasteiger partial charge in [-0.1, -0.05) is 36.4 Å². The summed E-state index contributed by atoms with van der Waals surface area (Å²) in [4.78, 5) is 25.7. The molecule has 27 heavy (non-hydrogen) atoms. The third-order valence-corrected chi connectivity index (χ3v) is 4.78. The second-order valence-electron chi connectivity index (χ2n) is 6.64. The van der Waals surface area contributed by atoms with E-state index < -0.39 is 18.1 Å². The first-order valence-corrected chi connectivity index (χ1v) is 8.75.